The molecule has 2 heterocycles. The van der Waals surface area contributed by atoms with E-state index in [1.165, 1.54) is 12.1 Å². The van der Waals surface area contributed by atoms with Gasteiger partial charge >= 0.3 is 0 Å². The Morgan fingerprint density at radius 1 is 1.47 bits per heavy atom. The third-order valence-corrected chi connectivity index (χ3v) is 2.70. The number of hydrogen-bond donors (Lipinski definition) is 2. The van der Waals surface area contributed by atoms with Crippen molar-refractivity contribution in [3.63, 3.8) is 0 Å². The Balaban J connectivity index is 1.72. The van der Waals surface area contributed by atoms with Crippen LogP contribution in [0.15, 0.2) is 24.7 Å². The number of H-pyrrole nitrogens is 1. The maximum Gasteiger partial charge on any atom is 0.137 e. The summed E-state index contributed by atoms with van der Waals surface area (Å²) in [5.74, 6) is 0.932. The molecule has 0 spiro atoms. The number of aryl methyl sites for hydroxylation is 1. The fourth-order valence-electron chi connectivity index (χ4n) is 1.84. The zero-order valence-corrected chi connectivity index (χ0v) is 10.2. The van der Waals surface area contributed by atoms with E-state index < -0.39 is 0 Å². The summed E-state index contributed by atoms with van der Waals surface area (Å²) in [4.78, 5) is 4.09. The molecule has 0 bridgehead atoms. The maximum absolute atomic E-state index is 4.09. The van der Waals surface area contributed by atoms with E-state index in [9.17, 15) is 0 Å². The van der Waals surface area contributed by atoms with Crippen molar-refractivity contribution in [1.29, 1.82) is 0 Å². The molecule has 2 N–H and O–H groups in total. The standard InChI is InChI=1S/C12H19N5/c1-2-7-17-8-3-4-11(17)9-13-6-5-12-14-10-15-16-12/h3-4,8,10,13H,2,5-7,9H2,1H3,(H,14,15,16). The number of aromatic nitrogens is 4. The van der Waals surface area contributed by atoms with E-state index in [-0.39, 0.29) is 0 Å². The lowest BCUT2D eigenvalue weighted by Crippen LogP contribution is -2.19. The SMILES string of the molecule is CCCn1cccc1CNCCc1ncn[nH]1. The Morgan fingerprint density at radius 2 is 2.41 bits per heavy atom. The van der Waals surface area contributed by atoms with Crippen LogP contribution in [0.1, 0.15) is 24.9 Å². The van der Waals surface area contributed by atoms with Gasteiger partial charge in [0, 0.05) is 37.9 Å². The highest BCUT2D eigenvalue weighted by Crippen LogP contribution is 2.03. The summed E-state index contributed by atoms with van der Waals surface area (Å²) in [6.45, 7) is 5.10. The van der Waals surface area contributed by atoms with Gasteiger partial charge in [-0.1, -0.05) is 6.92 Å². The second kappa shape index (κ2) is 6.20. The van der Waals surface area contributed by atoms with Gasteiger partial charge in [-0.05, 0) is 18.6 Å². The van der Waals surface area contributed by atoms with Crippen molar-refractivity contribution in [1.82, 2.24) is 25.1 Å². The van der Waals surface area contributed by atoms with Crippen molar-refractivity contribution in [3.8, 4) is 0 Å². The van der Waals surface area contributed by atoms with Crippen LogP contribution in [0.25, 0.3) is 0 Å². The third kappa shape index (κ3) is 3.42. The van der Waals surface area contributed by atoms with Crippen molar-refractivity contribution >= 4 is 0 Å². The molecule has 92 valence electrons. The lowest BCUT2D eigenvalue weighted by atomic mass is 10.3. The van der Waals surface area contributed by atoms with Gasteiger partial charge in [0.2, 0.25) is 0 Å². The van der Waals surface area contributed by atoms with Crippen LogP contribution in [0.5, 0.6) is 0 Å². The molecule has 0 aromatic carbocycles. The Morgan fingerprint density at radius 3 is 3.18 bits per heavy atom. The first-order chi connectivity index (χ1) is 8.40. The lowest BCUT2D eigenvalue weighted by Gasteiger charge is -2.08. The molecule has 2 aromatic rings. The Kier molecular flexibility index (Phi) is 4.32. The topological polar surface area (TPSA) is 58.5 Å². The molecule has 0 amide bonds. The number of rotatable bonds is 7. The minimum Gasteiger partial charge on any atom is -0.350 e. The fraction of sp³-hybridized carbons (Fsp3) is 0.500. The molecule has 0 saturated carbocycles. The van der Waals surface area contributed by atoms with Crippen LogP contribution in [0, 0.1) is 0 Å². The molecule has 5 nitrogen and oxygen atoms in total. The minimum absolute atomic E-state index is 0.883. The van der Waals surface area contributed by atoms with Gasteiger partial charge < -0.3 is 9.88 Å². The van der Waals surface area contributed by atoms with Gasteiger partial charge in [0.15, 0.2) is 0 Å². The molecule has 0 aliphatic heterocycles. The van der Waals surface area contributed by atoms with Crippen LogP contribution in [0.4, 0.5) is 0 Å². The molecule has 17 heavy (non-hydrogen) atoms. The van der Waals surface area contributed by atoms with E-state index in [2.05, 4.69) is 50.3 Å². The highest BCUT2D eigenvalue weighted by atomic mass is 15.2. The summed E-state index contributed by atoms with van der Waals surface area (Å²) in [5.41, 5.74) is 1.34. The van der Waals surface area contributed by atoms with E-state index in [1.54, 1.807) is 6.33 Å². The molecule has 5 heteroatoms. The first-order valence-electron chi connectivity index (χ1n) is 6.09. The molecular weight excluding hydrogens is 214 g/mol. The van der Waals surface area contributed by atoms with Crippen LogP contribution >= 0.6 is 0 Å². The molecule has 0 aliphatic carbocycles. The Hall–Kier alpha value is -1.62. The molecular formula is C12H19N5. The van der Waals surface area contributed by atoms with Gasteiger partial charge in [-0.25, -0.2) is 4.98 Å². The Bertz CT molecular complexity index is 418. The van der Waals surface area contributed by atoms with E-state index in [1.807, 2.05) is 0 Å². The summed E-state index contributed by atoms with van der Waals surface area (Å²) >= 11 is 0. The first kappa shape index (κ1) is 11.9. The van der Waals surface area contributed by atoms with Gasteiger partial charge in [0.25, 0.3) is 0 Å². The molecule has 0 unspecified atom stereocenters. The van der Waals surface area contributed by atoms with E-state index in [4.69, 9.17) is 0 Å². The molecule has 2 rings (SSSR count). The van der Waals surface area contributed by atoms with Gasteiger partial charge in [-0.2, -0.15) is 5.10 Å². The van der Waals surface area contributed by atoms with Gasteiger partial charge in [-0.15, -0.1) is 0 Å². The van der Waals surface area contributed by atoms with E-state index in [0.29, 0.717) is 0 Å². The monoisotopic (exact) mass is 233 g/mol. The summed E-state index contributed by atoms with van der Waals surface area (Å²) in [7, 11) is 0. The maximum atomic E-state index is 4.09. The molecule has 0 aliphatic rings. The number of aromatic amines is 1. The minimum atomic E-state index is 0.883. The molecule has 0 saturated heterocycles. The van der Waals surface area contributed by atoms with Crippen LogP contribution < -0.4 is 5.32 Å². The van der Waals surface area contributed by atoms with Crippen LogP contribution in [-0.4, -0.2) is 26.3 Å². The predicted molar refractivity (Wildman–Crippen MR) is 66.5 cm³/mol. The lowest BCUT2D eigenvalue weighted by molar-refractivity contribution is 0.598. The third-order valence-electron chi connectivity index (χ3n) is 2.70. The molecule has 2 aromatic heterocycles. The van der Waals surface area contributed by atoms with Crippen molar-refractivity contribution < 1.29 is 0 Å². The van der Waals surface area contributed by atoms with Crippen LogP contribution in [0.2, 0.25) is 0 Å². The summed E-state index contributed by atoms with van der Waals surface area (Å²) in [5, 5.41) is 10.1. The van der Waals surface area contributed by atoms with Gasteiger partial charge in [-0.3, -0.25) is 5.10 Å². The largest absolute Gasteiger partial charge is 0.350 e. The number of nitrogens with one attached hydrogen (secondary N) is 2. The van der Waals surface area contributed by atoms with Crippen LogP contribution in [0.3, 0.4) is 0 Å². The average Bonchev–Trinajstić information content (AvgIpc) is 2.96. The quantitative estimate of drug-likeness (QED) is 0.710. The van der Waals surface area contributed by atoms with Gasteiger partial charge in [0.1, 0.15) is 12.2 Å². The second-order valence-corrected chi connectivity index (χ2v) is 4.05. The first-order valence-corrected chi connectivity index (χ1v) is 6.09. The van der Waals surface area contributed by atoms with E-state index in [0.717, 1.165) is 31.9 Å². The number of hydrogen-bond acceptors (Lipinski definition) is 3. The van der Waals surface area contributed by atoms with Crippen molar-refractivity contribution in [3.05, 3.63) is 36.2 Å². The van der Waals surface area contributed by atoms with E-state index >= 15 is 0 Å². The summed E-state index contributed by atoms with van der Waals surface area (Å²) in [6, 6.07) is 4.26. The fourth-order valence-corrected chi connectivity index (χ4v) is 1.84. The predicted octanol–water partition coefficient (Wildman–Crippen LogP) is 1.35. The normalized spacial score (nSPS) is 10.9. The molecule has 0 radical (unpaired) electrons. The summed E-state index contributed by atoms with van der Waals surface area (Å²) < 4.78 is 2.29. The highest BCUT2D eigenvalue weighted by molar-refractivity contribution is 5.06. The van der Waals surface area contributed by atoms with Crippen molar-refractivity contribution in [2.75, 3.05) is 6.54 Å². The molecule has 0 atom stereocenters. The Labute approximate surface area is 101 Å². The number of nitrogens with zero attached hydrogens (tertiary/aromatic N) is 3. The average molecular weight is 233 g/mol. The van der Waals surface area contributed by atoms with Crippen molar-refractivity contribution in [2.24, 2.45) is 0 Å². The molecule has 0 fully saturated rings. The van der Waals surface area contributed by atoms with Gasteiger partial charge in [0.05, 0.1) is 0 Å². The highest BCUT2D eigenvalue weighted by Gasteiger charge is 2.00. The zero-order valence-electron chi connectivity index (χ0n) is 10.2. The second-order valence-electron chi connectivity index (χ2n) is 4.05. The van der Waals surface area contributed by atoms with Crippen LogP contribution in [-0.2, 0) is 19.5 Å². The smallest absolute Gasteiger partial charge is 0.137 e. The van der Waals surface area contributed by atoms with Crippen molar-refractivity contribution in [2.45, 2.75) is 32.9 Å². The zero-order chi connectivity index (χ0) is 11.9. The summed E-state index contributed by atoms with van der Waals surface area (Å²) in [6.07, 6.45) is 5.73.